The highest BCUT2D eigenvalue weighted by atomic mass is 32.2. The minimum Gasteiger partial charge on any atom is -0.490 e. The summed E-state index contributed by atoms with van der Waals surface area (Å²) in [5.41, 5.74) is 1.61. The molecule has 5 rings (SSSR count). The second-order valence-corrected chi connectivity index (χ2v) is 9.75. The van der Waals surface area contributed by atoms with E-state index in [1.54, 1.807) is 11.8 Å². The first-order valence-corrected chi connectivity index (χ1v) is 13.0. The largest absolute Gasteiger partial charge is 0.490 e. The Labute approximate surface area is 221 Å². The molecule has 2 unspecified atom stereocenters. The average molecular weight is 509 g/mol. The Morgan fingerprint density at radius 3 is 1.65 bits per heavy atom. The molecule has 2 atom stereocenters. The zero-order valence-corrected chi connectivity index (χ0v) is 21.1. The van der Waals surface area contributed by atoms with Gasteiger partial charge in [-0.15, -0.1) is 0 Å². The van der Waals surface area contributed by atoms with Gasteiger partial charge in [0.05, 0.1) is 4.90 Å². The number of hydrogen-bond acceptors (Lipinski definition) is 5. The summed E-state index contributed by atoms with van der Waals surface area (Å²) in [7, 11) is 0. The van der Waals surface area contributed by atoms with Crippen molar-refractivity contribution in [2.24, 2.45) is 0 Å². The normalized spacial score (nSPS) is 12.7. The Kier molecular flexibility index (Phi) is 8.06. The molecule has 0 aromatic heterocycles. The van der Waals surface area contributed by atoms with Crippen LogP contribution >= 0.6 is 11.8 Å². The van der Waals surface area contributed by atoms with E-state index in [4.69, 9.17) is 9.47 Å². The van der Waals surface area contributed by atoms with Crippen LogP contribution in [0.3, 0.4) is 0 Å². The van der Waals surface area contributed by atoms with E-state index in [9.17, 15) is 10.2 Å². The van der Waals surface area contributed by atoms with Gasteiger partial charge in [0.1, 0.15) is 36.9 Å². The summed E-state index contributed by atoms with van der Waals surface area (Å²) >= 11 is 1.57. The van der Waals surface area contributed by atoms with E-state index in [0.29, 0.717) is 11.5 Å². The molecule has 5 heteroatoms. The summed E-state index contributed by atoms with van der Waals surface area (Å²) < 4.78 is 12.5. The Morgan fingerprint density at radius 2 is 1.05 bits per heavy atom. The maximum Gasteiger partial charge on any atom is 0.141 e. The van der Waals surface area contributed by atoms with Crippen molar-refractivity contribution >= 4 is 22.5 Å². The molecule has 0 heterocycles. The van der Waals surface area contributed by atoms with Crippen molar-refractivity contribution in [3.05, 3.63) is 132 Å². The maximum absolute atomic E-state index is 10.8. The Hall–Kier alpha value is -3.77. The predicted octanol–water partition coefficient (Wildman–Crippen LogP) is 7.22. The van der Waals surface area contributed by atoms with E-state index < -0.39 is 12.2 Å². The third-order valence-corrected chi connectivity index (χ3v) is 7.08. The van der Waals surface area contributed by atoms with Crippen LogP contribution in [0.4, 0.5) is 0 Å². The Bertz CT molecular complexity index is 1430. The van der Waals surface area contributed by atoms with Crippen LogP contribution in [-0.2, 0) is 0 Å². The minimum atomic E-state index is -0.758. The lowest BCUT2D eigenvalue weighted by Gasteiger charge is -2.20. The van der Waals surface area contributed by atoms with Crippen molar-refractivity contribution in [1.82, 2.24) is 0 Å². The predicted molar refractivity (Wildman–Crippen MR) is 148 cm³/mol. The monoisotopic (exact) mass is 508 g/mol. The van der Waals surface area contributed by atoms with E-state index in [1.807, 2.05) is 121 Å². The van der Waals surface area contributed by atoms with Gasteiger partial charge in [0.25, 0.3) is 0 Å². The van der Waals surface area contributed by atoms with Gasteiger partial charge in [-0.05, 0) is 29.3 Å². The lowest BCUT2D eigenvalue weighted by Crippen LogP contribution is -2.11. The van der Waals surface area contributed by atoms with Gasteiger partial charge >= 0.3 is 0 Å². The van der Waals surface area contributed by atoms with E-state index in [1.165, 1.54) is 0 Å². The molecule has 2 N–H and O–H groups in total. The lowest BCUT2D eigenvalue weighted by molar-refractivity contribution is 0.106. The van der Waals surface area contributed by atoms with Gasteiger partial charge in [0, 0.05) is 15.7 Å². The van der Waals surface area contributed by atoms with E-state index in [2.05, 4.69) is 0 Å². The maximum atomic E-state index is 10.8. The van der Waals surface area contributed by atoms with Crippen molar-refractivity contribution in [3.8, 4) is 11.5 Å². The number of hydrogen-bond donors (Lipinski definition) is 2. The number of fused-ring (bicyclic) bond motifs is 1. The molecule has 186 valence electrons. The molecule has 0 amide bonds. The van der Waals surface area contributed by atoms with E-state index in [0.717, 1.165) is 31.7 Å². The third-order valence-electron chi connectivity index (χ3n) is 6.05. The van der Waals surface area contributed by atoms with Crippen LogP contribution in [-0.4, -0.2) is 23.4 Å². The third kappa shape index (κ3) is 6.15. The first kappa shape index (κ1) is 24.9. The van der Waals surface area contributed by atoms with Gasteiger partial charge in [-0.3, -0.25) is 0 Å². The summed E-state index contributed by atoms with van der Waals surface area (Å²) in [5.74, 6) is 1.36. The van der Waals surface area contributed by atoms with Crippen molar-refractivity contribution < 1.29 is 19.7 Å². The molecule has 0 saturated carbocycles. The van der Waals surface area contributed by atoms with Crippen molar-refractivity contribution in [1.29, 1.82) is 0 Å². The topological polar surface area (TPSA) is 58.9 Å². The molecule has 37 heavy (non-hydrogen) atoms. The number of aliphatic hydroxyl groups is 2. The second-order valence-electron chi connectivity index (χ2n) is 8.64. The molecule has 0 bridgehead atoms. The van der Waals surface area contributed by atoms with Crippen molar-refractivity contribution in [3.63, 3.8) is 0 Å². The van der Waals surface area contributed by atoms with Gasteiger partial charge < -0.3 is 19.7 Å². The number of rotatable bonds is 10. The highest BCUT2D eigenvalue weighted by Crippen LogP contribution is 2.44. The number of aliphatic hydroxyl groups excluding tert-OH is 2. The Morgan fingerprint density at radius 1 is 0.568 bits per heavy atom. The quantitative estimate of drug-likeness (QED) is 0.209. The molecular formula is C32H28O4S. The van der Waals surface area contributed by atoms with Crippen LogP contribution in [0.2, 0.25) is 0 Å². The van der Waals surface area contributed by atoms with Gasteiger partial charge in [0.15, 0.2) is 0 Å². The molecule has 0 fully saturated rings. The molecule has 0 spiro atoms. The van der Waals surface area contributed by atoms with Crippen molar-refractivity contribution in [2.45, 2.75) is 22.0 Å². The van der Waals surface area contributed by atoms with Gasteiger partial charge in [-0.25, -0.2) is 0 Å². The SMILES string of the molecule is OC(COc1cc(Sc2ccccc2)c(OCC(O)c2ccccc2)c2ccccc12)c1ccccc1. The van der Waals surface area contributed by atoms with Crippen LogP contribution in [0.5, 0.6) is 11.5 Å². The summed E-state index contributed by atoms with van der Waals surface area (Å²) in [5, 5.41) is 23.2. The fourth-order valence-corrected chi connectivity index (χ4v) is 5.10. The molecule has 0 saturated heterocycles. The lowest BCUT2D eigenvalue weighted by atomic mass is 10.1. The summed E-state index contributed by atoms with van der Waals surface area (Å²) in [6.07, 6.45) is -1.51. The average Bonchev–Trinajstić information content (AvgIpc) is 2.96. The zero-order chi connectivity index (χ0) is 25.5. The molecule has 0 aliphatic rings. The first-order chi connectivity index (χ1) is 18.2. The molecule has 0 aliphatic carbocycles. The number of ether oxygens (including phenoxy) is 2. The molecule has 5 aromatic carbocycles. The number of benzene rings is 5. The molecule has 5 aromatic rings. The summed E-state index contributed by atoms with van der Waals surface area (Å²) in [6.45, 7) is 0.236. The fourth-order valence-electron chi connectivity index (χ4n) is 4.12. The van der Waals surface area contributed by atoms with Crippen LogP contribution in [0.25, 0.3) is 10.8 Å². The van der Waals surface area contributed by atoms with Gasteiger partial charge in [-0.1, -0.05) is 115 Å². The zero-order valence-electron chi connectivity index (χ0n) is 20.2. The van der Waals surface area contributed by atoms with Gasteiger partial charge in [-0.2, -0.15) is 0 Å². The molecule has 0 radical (unpaired) electrons. The Balaban J connectivity index is 1.48. The van der Waals surface area contributed by atoms with Crippen LogP contribution in [0.15, 0.2) is 131 Å². The summed E-state index contributed by atoms with van der Waals surface area (Å²) in [6, 6.07) is 38.9. The minimum absolute atomic E-state index is 0.114. The van der Waals surface area contributed by atoms with Crippen LogP contribution in [0.1, 0.15) is 23.3 Å². The van der Waals surface area contributed by atoms with E-state index >= 15 is 0 Å². The van der Waals surface area contributed by atoms with Crippen molar-refractivity contribution in [2.75, 3.05) is 13.2 Å². The fraction of sp³-hybridized carbons (Fsp3) is 0.125. The highest BCUT2D eigenvalue weighted by Gasteiger charge is 2.18. The van der Waals surface area contributed by atoms with E-state index in [-0.39, 0.29) is 13.2 Å². The standard InChI is InChI=1S/C32H28O4S/c33-28(23-12-4-1-5-13-23)21-35-30-20-31(37-25-16-8-3-9-17-25)32(27-19-11-10-18-26(27)30)36-22-29(34)24-14-6-2-7-15-24/h1-20,28-29,33-34H,21-22H2. The smallest absolute Gasteiger partial charge is 0.141 e. The molecule has 0 aliphatic heterocycles. The molecular weight excluding hydrogens is 480 g/mol. The van der Waals surface area contributed by atoms with Crippen LogP contribution < -0.4 is 9.47 Å². The van der Waals surface area contributed by atoms with Gasteiger partial charge in [0.2, 0.25) is 0 Å². The highest BCUT2D eigenvalue weighted by molar-refractivity contribution is 7.99. The second kappa shape index (κ2) is 12.0. The molecule has 4 nitrogen and oxygen atoms in total. The summed E-state index contributed by atoms with van der Waals surface area (Å²) in [4.78, 5) is 1.93. The van der Waals surface area contributed by atoms with Crippen LogP contribution in [0, 0.1) is 0 Å². The first-order valence-electron chi connectivity index (χ1n) is 12.2.